The van der Waals surface area contributed by atoms with Crippen LogP contribution in [-0.2, 0) is 14.4 Å². The smallest absolute Gasteiger partial charge is 0.305 e. The summed E-state index contributed by atoms with van der Waals surface area (Å²) in [4.78, 5) is 15.5. The van der Waals surface area contributed by atoms with Crippen LogP contribution in [-0.4, -0.2) is 19.2 Å². The lowest BCUT2D eigenvalue weighted by Crippen LogP contribution is -2.03. The molecule has 102 valence electrons. The number of esters is 1. The van der Waals surface area contributed by atoms with Crippen LogP contribution in [0.2, 0.25) is 0 Å². The largest absolute Gasteiger partial charge is 0.466 e. The zero-order chi connectivity index (χ0) is 12.8. The summed E-state index contributed by atoms with van der Waals surface area (Å²) in [5, 5.41) is 0. The Labute approximate surface area is 105 Å². The summed E-state index contributed by atoms with van der Waals surface area (Å²) in [6, 6.07) is 0. The van der Waals surface area contributed by atoms with Crippen molar-refractivity contribution in [2.75, 3.05) is 13.2 Å². The van der Waals surface area contributed by atoms with Crippen LogP contribution in [0.5, 0.6) is 0 Å². The highest BCUT2D eigenvalue weighted by atomic mass is 16.6. The molecule has 4 heteroatoms. The van der Waals surface area contributed by atoms with Gasteiger partial charge < -0.3 is 9.57 Å². The molecule has 0 saturated heterocycles. The van der Waals surface area contributed by atoms with Crippen molar-refractivity contribution in [3.8, 4) is 0 Å². The van der Waals surface area contributed by atoms with Gasteiger partial charge in [-0.1, -0.05) is 38.5 Å². The van der Waals surface area contributed by atoms with E-state index in [0.717, 1.165) is 19.3 Å². The van der Waals surface area contributed by atoms with Gasteiger partial charge in [-0.15, -0.1) is 0 Å². The van der Waals surface area contributed by atoms with Crippen LogP contribution < -0.4 is 5.90 Å². The molecule has 0 atom stereocenters. The van der Waals surface area contributed by atoms with E-state index in [0.29, 0.717) is 19.6 Å². The third-order valence-corrected chi connectivity index (χ3v) is 2.70. The van der Waals surface area contributed by atoms with Crippen LogP contribution in [0.15, 0.2) is 0 Å². The Morgan fingerprint density at radius 2 is 1.47 bits per heavy atom. The number of ether oxygens (including phenoxy) is 1. The number of carbonyl (C=O) groups excluding carboxylic acids is 1. The number of hydrogen-bond donors (Lipinski definition) is 1. The average Bonchev–Trinajstić information content (AvgIpc) is 2.32. The van der Waals surface area contributed by atoms with E-state index in [1.54, 1.807) is 0 Å². The molecular formula is C13H27NO3. The van der Waals surface area contributed by atoms with E-state index in [-0.39, 0.29) is 5.97 Å². The van der Waals surface area contributed by atoms with E-state index < -0.39 is 0 Å². The van der Waals surface area contributed by atoms with Crippen molar-refractivity contribution < 1.29 is 14.4 Å². The molecule has 17 heavy (non-hydrogen) atoms. The fourth-order valence-electron chi connectivity index (χ4n) is 1.75. The first-order chi connectivity index (χ1) is 8.31. The van der Waals surface area contributed by atoms with Crippen LogP contribution in [0.4, 0.5) is 0 Å². The molecule has 0 aromatic rings. The van der Waals surface area contributed by atoms with Gasteiger partial charge >= 0.3 is 5.97 Å². The highest BCUT2D eigenvalue weighted by molar-refractivity contribution is 5.69. The average molecular weight is 245 g/mol. The van der Waals surface area contributed by atoms with Gasteiger partial charge in [-0.3, -0.25) is 4.79 Å². The van der Waals surface area contributed by atoms with E-state index in [2.05, 4.69) is 4.84 Å². The van der Waals surface area contributed by atoms with Gasteiger partial charge in [0.25, 0.3) is 0 Å². The minimum atomic E-state index is -0.0608. The van der Waals surface area contributed by atoms with Crippen molar-refractivity contribution in [2.45, 2.75) is 64.7 Å². The van der Waals surface area contributed by atoms with Crippen LogP contribution in [0, 0.1) is 0 Å². The third-order valence-electron chi connectivity index (χ3n) is 2.70. The Balaban J connectivity index is 3.01. The summed E-state index contributed by atoms with van der Waals surface area (Å²) >= 11 is 0. The maximum absolute atomic E-state index is 11.0. The quantitative estimate of drug-likeness (QED) is 0.326. The summed E-state index contributed by atoms with van der Waals surface area (Å²) in [6.45, 7) is 3.00. The number of hydrogen-bond acceptors (Lipinski definition) is 4. The number of carbonyl (C=O) groups is 1. The number of unbranched alkanes of at least 4 members (excludes halogenated alkanes) is 7. The Morgan fingerprint density at radius 3 is 2.00 bits per heavy atom. The zero-order valence-corrected chi connectivity index (χ0v) is 11.1. The second kappa shape index (κ2) is 13.5. The van der Waals surface area contributed by atoms with Crippen molar-refractivity contribution in [2.24, 2.45) is 5.90 Å². The second-order valence-corrected chi connectivity index (χ2v) is 4.25. The molecule has 0 rings (SSSR count). The van der Waals surface area contributed by atoms with Gasteiger partial charge in [-0.25, -0.2) is 5.90 Å². The molecule has 0 heterocycles. The van der Waals surface area contributed by atoms with Crippen LogP contribution in [0.25, 0.3) is 0 Å². The van der Waals surface area contributed by atoms with Gasteiger partial charge in [0.2, 0.25) is 0 Å². The monoisotopic (exact) mass is 245 g/mol. The number of nitrogens with two attached hydrogens (primary N) is 1. The molecule has 2 N–H and O–H groups in total. The summed E-state index contributed by atoms with van der Waals surface area (Å²) in [7, 11) is 0. The minimum absolute atomic E-state index is 0.0608. The first-order valence-corrected chi connectivity index (χ1v) is 6.78. The van der Waals surface area contributed by atoms with Crippen molar-refractivity contribution in [1.82, 2.24) is 0 Å². The lowest BCUT2D eigenvalue weighted by atomic mass is 10.1. The Morgan fingerprint density at radius 1 is 0.941 bits per heavy atom. The summed E-state index contributed by atoms with van der Waals surface area (Å²) in [5.74, 6) is 4.87. The summed E-state index contributed by atoms with van der Waals surface area (Å²) in [6.07, 6.45) is 9.90. The lowest BCUT2D eigenvalue weighted by Gasteiger charge is -2.02. The molecule has 0 saturated carbocycles. The fraction of sp³-hybridized carbons (Fsp3) is 0.923. The first kappa shape index (κ1) is 16.4. The van der Waals surface area contributed by atoms with E-state index in [1.807, 2.05) is 6.92 Å². The first-order valence-electron chi connectivity index (χ1n) is 6.78. The molecular weight excluding hydrogens is 218 g/mol. The molecule has 0 spiro atoms. The SMILES string of the molecule is CCOC(=O)CCCCCCCCCCON. The van der Waals surface area contributed by atoms with Gasteiger partial charge in [0.05, 0.1) is 13.2 Å². The summed E-state index contributed by atoms with van der Waals surface area (Å²) < 4.78 is 4.86. The van der Waals surface area contributed by atoms with E-state index in [9.17, 15) is 4.79 Å². The molecule has 0 bridgehead atoms. The van der Waals surface area contributed by atoms with Gasteiger partial charge in [0.1, 0.15) is 0 Å². The van der Waals surface area contributed by atoms with Gasteiger partial charge in [0, 0.05) is 6.42 Å². The molecule has 0 amide bonds. The molecule has 0 fully saturated rings. The highest BCUT2D eigenvalue weighted by Crippen LogP contribution is 2.09. The lowest BCUT2D eigenvalue weighted by molar-refractivity contribution is -0.143. The molecule has 0 aromatic heterocycles. The van der Waals surface area contributed by atoms with Gasteiger partial charge in [-0.05, 0) is 19.8 Å². The molecule has 0 aliphatic rings. The highest BCUT2D eigenvalue weighted by Gasteiger charge is 2.00. The summed E-state index contributed by atoms with van der Waals surface area (Å²) in [5.41, 5.74) is 0. The van der Waals surface area contributed by atoms with E-state index in [1.165, 1.54) is 32.1 Å². The Hall–Kier alpha value is -0.610. The molecule has 0 aromatic carbocycles. The predicted molar refractivity (Wildman–Crippen MR) is 68.3 cm³/mol. The van der Waals surface area contributed by atoms with Crippen molar-refractivity contribution in [3.05, 3.63) is 0 Å². The van der Waals surface area contributed by atoms with E-state index in [4.69, 9.17) is 10.6 Å². The molecule has 0 aliphatic carbocycles. The van der Waals surface area contributed by atoms with Crippen molar-refractivity contribution >= 4 is 5.97 Å². The number of rotatable bonds is 12. The molecule has 0 radical (unpaired) electrons. The second-order valence-electron chi connectivity index (χ2n) is 4.25. The van der Waals surface area contributed by atoms with Crippen molar-refractivity contribution in [1.29, 1.82) is 0 Å². The van der Waals surface area contributed by atoms with Crippen LogP contribution in [0.3, 0.4) is 0 Å². The minimum Gasteiger partial charge on any atom is -0.466 e. The molecule has 0 unspecified atom stereocenters. The molecule has 4 nitrogen and oxygen atoms in total. The van der Waals surface area contributed by atoms with Crippen LogP contribution in [0.1, 0.15) is 64.7 Å². The Kier molecular flexibility index (Phi) is 13.0. The van der Waals surface area contributed by atoms with Gasteiger partial charge in [0.15, 0.2) is 0 Å². The standard InChI is InChI=1S/C13H27NO3/c1-2-16-13(15)11-9-7-5-3-4-6-8-10-12-17-14/h2-12,14H2,1H3. The maximum atomic E-state index is 11.0. The van der Waals surface area contributed by atoms with E-state index >= 15 is 0 Å². The maximum Gasteiger partial charge on any atom is 0.305 e. The van der Waals surface area contributed by atoms with Crippen LogP contribution >= 0.6 is 0 Å². The predicted octanol–water partition coefficient (Wildman–Crippen LogP) is 2.95. The molecule has 0 aliphatic heterocycles. The van der Waals surface area contributed by atoms with Crippen molar-refractivity contribution in [3.63, 3.8) is 0 Å². The topological polar surface area (TPSA) is 61.5 Å². The zero-order valence-electron chi connectivity index (χ0n) is 11.1. The van der Waals surface area contributed by atoms with Gasteiger partial charge in [-0.2, -0.15) is 0 Å². The third kappa shape index (κ3) is 13.3. The Bertz CT molecular complexity index is 174. The normalized spacial score (nSPS) is 10.5. The fourth-order valence-corrected chi connectivity index (χ4v) is 1.75.